The summed E-state index contributed by atoms with van der Waals surface area (Å²) in [6.45, 7) is 21.7. The second kappa shape index (κ2) is 12.7. The number of hydrogen-bond donors (Lipinski definition) is 0. The second-order valence-corrected chi connectivity index (χ2v) is 64.1. The zero-order valence-electron chi connectivity index (χ0n) is 29.7. The number of rotatable bonds is 8. The van der Waals surface area contributed by atoms with Crippen molar-refractivity contribution in [3.63, 3.8) is 0 Å². The van der Waals surface area contributed by atoms with Crippen LogP contribution in [0.15, 0.2) is 71.8 Å². The summed E-state index contributed by atoms with van der Waals surface area (Å²) in [5.74, 6) is 0.330. The van der Waals surface area contributed by atoms with E-state index < -0.39 is 29.6 Å². The molecular formula is C41H55Cl2Si2Zr. The van der Waals surface area contributed by atoms with Gasteiger partial charge in [0.05, 0.1) is 0 Å². The molecule has 1 saturated carbocycles. The molecule has 6 rings (SSSR count). The van der Waals surface area contributed by atoms with Crippen molar-refractivity contribution in [3.05, 3.63) is 99.6 Å². The predicted molar refractivity (Wildman–Crippen MR) is 209 cm³/mol. The first-order chi connectivity index (χ1) is 21.7. The van der Waals surface area contributed by atoms with E-state index >= 15 is 0 Å². The van der Waals surface area contributed by atoms with Gasteiger partial charge in [-0.2, -0.15) is 0 Å². The molecule has 3 aromatic rings. The molecule has 0 heterocycles. The van der Waals surface area contributed by atoms with E-state index in [0.29, 0.717) is 11.8 Å². The fourth-order valence-corrected chi connectivity index (χ4v) is 42.3. The zero-order chi connectivity index (χ0) is 33.2. The molecule has 5 heteroatoms. The van der Waals surface area contributed by atoms with Crippen LogP contribution in [0.3, 0.4) is 0 Å². The van der Waals surface area contributed by atoms with E-state index in [4.69, 9.17) is 17.0 Å². The van der Waals surface area contributed by atoms with Crippen molar-refractivity contribution < 1.29 is 15.6 Å². The standard InChI is InChI=1S/C20H27.C19H21Si.C2H7Si.2ClH.Zr/c1-4-15(3)19-7-5-6-17-12-18(13-20(17)19)16-10-8-14(2)9-11-16;1-14-12-16-6-5-7-18(19(16)13-14)15-8-10-17(11-9-15)20(2,3)4;1-3-2;;;/h5-7,12-16H,4,8-11H2,1-3H3;5-13H,1-4H3;3H,1-2H3;2*1H;/q;;;;;+2/p-2. The monoisotopic (exact) mass is 763 g/mol. The van der Waals surface area contributed by atoms with Gasteiger partial charge in [-0.05, 0) is 0 Å². The Morgan fingerprint density at radius 2 is 1.43 bits per heavy atom. The number of fused-ring (bicyclic) bond motifs is 2. The van der Waals surface area contributed by atoms with Gasteiger partial charge >= 0.3 is 292 Å². The molecule has 0 N–H and O–H groups in total. The van der Waals surface area contributed by atoms with Crippen molar-refractivity contribution in [1.82, 2.24) is 0 Å². The van der Waals surface area contributed by atoms with Crippen LogP contribution < -0.4 is 5.19 Å². The quantitative estimate of drug-likeness (QED) is 0.200. The molecule has 0 nitrogen and oxygen atoms in total. The molecule has 3 aromatic carbocycles. The van der Waals surface area contributed by atoms with Crippen molar-refractivity contribution in [2.45, 2.75) is 106 Å². The number of hydrogen-bond acceptors (Lipinski definition) is 0. The third kappa shape index (κ3) is 5.75. The predicted octanol–water partition coefficient (Wildman–Crippen LogP) is 12.8. The van der Waals surface area contributed by atoms with Gasteiger partial charge in [-0.25, -0.2) is 0 Å². The Morgan fingerprint density at radius 1 is 0.826 bits per heavy atom. The zero-order valence-corrected chi connectivity index (χ0v) is 35.8. The first-order valence-corrected chi connectivity index (χ1v) is 37.8. The molecule has 0 spiro atoms. The Labute approximate surface area is 289 Å². The maximum atomic E-state index is 8.73. The summed E-state index contributed by atoms with van der Waals surface area (Å²) < 4.78 is 0.328. The minimum atomic E-state index is -4.77. The molecule has 46 heavy (non-hydrogen) atoms. The Kier molecular flexibility index (Phi) is 9.66. The average Bonchev–Trinajstić information content (AvgIpc) is 3.59. The van der Waals surface area contributed by atoms with Crippen LogP contribution in [0.4, 0.5) is 0 Å². The third-order valence-corrected chi connectivity index (χ3v) is 66.3. The summed E-state index contributed by atoms with van der Waals surface area (Å²) in [5, 5.41) is 1.50. The van der Waals surface area contributed by atoms with Crippen molar-refractivity contribution in [3.8, 4) is 11.1 Å². The maximum absolute atomic E-state index is 8.73. The fourth-order valence-electron chi connectivity index (χ4n) is 9.18. The van der Waals surface area contributed by atoms with Gasteiger partial charge in [0.15, 0.2) is 0 Å². The van der Waals surface area contributed by atoms with E-state index in [-0.39, 0.29) is 7.25 Å². The van der Waals surface area contributed by atoms with Crippen LogP contribution in [-0.2, 0) is 15.6 Å². The van der Waals surface area contributed by atoms with Gasteiger partial charge in [-0.1, -0.05) is 0 Å². The molecule has 3 aliphatic rings. The van der Waals surface area contributed by atoms with Gasteiger partial charge in [-0.3, -0.25) is 0 Å². The van der Waals surface area contributed by atoms with Crippen molar-refractivity contribution in [2.24, 2.45) is 11.8 Å². The van der Waals surface area contributed by atoms with Crippen molar-refractivity contribution >= 4 is 48.4 Å². The van der Waals surface area contributed by atoms with E-state index in [1.54, 1.807) is 5.57 Å². The summed E-state index contributed by atoms with van der Waals surface area (Å²) in [6.07, 6.45) is 11.4. The van der Waals surface area contributed by atoms with Gasteiger partial charge in [0.1, 0.15) is 0 Å². The number of benzene rings is 3. The van der Waals surface area contributed by atoms with Gasteiger partial charge in [0, 0.05) is 0 Å². The summed E-state index contributed by atoms with van der Waals surface area (Å²) in [5.41, 5.74) is 12.8. The normalized spacial score (nSPS) is 24.6. The topological polar surface area (TPSA) is 0 Å². The first kappa shape index (κ1) is 34.9. The molecule has 0 amide bonds. The van der Waals surface area contributed by atoms with Crippen LogP contribution >= 0.6 is 17.0 Å². The summed E-state index contributed by atoms with van der Waals surface area (Å²) >= 11 is -4.77. The van der Waals surface area contributed by atoms with Crippen LogP contribution in [0.5, 0.6) is 0 Å². The fraction of sp³-hybridized carbons (Fsp3) is 0.463. The van der Waals surface area contributed by atoms with Crippen LogP contribution in [0.25, 0.3) is 23.3 Å². The first-order valence-electron chi connectivity index (χ1n) is 18.0. The molecule has 1 fully saturated rings. The van der Waals surface area contributed by atoms with Crippen LogP contribution in [0.2, 0.25) is 32.7 Å². The Balaban J connectivity index is 1.53. The van der Waals surface area contributed by atoms with Gasteiger partial charge in [0.2, 0.25) is 0 Å². The van der Waals surface area contributed by atoms with Crippen molar-refractivity contribution in [2.75, 3.05) is 0 Å². The molecule has 0 saturated heterocycles. The van der Waals surface area contributed by atoms with Gasteiger partial charge in [0.25, 0.3) is 0 Å². The molecule has 3 unspecified atom stereocenters. The van der Waals surface area contributed by atoms with Crippen LogP contribution in [0, 0.1) is 11.8 Å². The van der Waals surface area contributed by atoms with E-state index in [0.717, 1.165) is 12.3 Å². The van der Waals surface area contributed by atoms with Crippen LogP contribution in [0.1, 0.15) is 101 Å². The Bertz CT molecular complexity index is 1690. The molecule has 0 aromatic heterocycles. The molecule has 0 aliphatic heterocycles. The minimum absolute atomic E-state index is 0.141. The van der Waals surface area contributed by atoms with E-state index in [9.17, 15) is 0 Å². The number of allylic oxidation sites excluding steroid dienone is 2. The van der Waals surface area contributed by atoms with Gasteiger partial charge in [-0.15, -0.1) is 0 Å². The number of halogens is 2. The van der Waals surface area contributed by atoms with E-state index in [2.05, 4.69) is 133 Å². The SMILES string of the molecule is CCC(C)c1cccc2c1C=C(C1CCC(C)CC1)[CH]2[Zr]([Cl])([Cl])([CH]1C(C)=Cc2c(-c3ccc([Si](C)(C)C)cc3)cccc21)[SiH](C)C. The third-order valence-electron chi connectivity index (χ3n) is 12.3. The second-order valence-electron chi connectivity index (χ2n) is 16.5. The molecule has 3 aliphatic carbocycles. The van der Waals surface area contributed by atoms with E-state index in [1.165, 1.54) is 75.4 Å². The molecular weight excluding hydrogens is 711 g/mol. The summed E-state index contributed by atoms with van der Waals surface area (Å²) in [4.78, 5) is 0. The summed E-state index contributed by atoms with van der Waals surface area (Å²) in [6, 6.07) is 23.5. The van der Waals surface area contributed by atoms with Gasteiger partial charge < -0.3 is 0 Å². The Morgan fingerprint density at radius 3 is 2.02 bits per heavy atom. The average molecular weight is 766 g/mol. The summed E-state index contributed by atoms with van der Waals surface area (Å²) in [7, 11) is 16.1. The Hall–Kier alpha value is -0.963. The molecule has 0 bridgehead atoms. The molecule has 245 valence electrons. The molecule has 0 radical (unpaired) electrons. The van der Waals surface area contributed by atoms with Crippen LogP contribution in [-0.4, -0.2) is 14.0 Å². The van der Waals surface area contributed by atoms with E-state index in [1.807, 2.05) is 0 Å². The van der Waals surface area contributed by atoms with Crippen molar-refractivity contribution in [1.29, 1.82) is 0 Å². The molecule has 3 atom stereocenters.